The summed E-state index contributed by atoms with van der Waals surface area (Å²) in [6.45, 7) is 16.6. The van der Waals surface area contributed by atoms with E-state index in [0.29, 0.717) is 13.0 Å². The Kier molecular flexibility index (Phi) is 65.4. The predicted molar refractivity (Wildman–Crippen MR) is 65.6 cm³/mol. The first-order chi connectivity index (χ1) is 6.89. The summed E-state index contributed by atoms with van der Waals surface area (Å²) in [5.74, 6) is -0.0463. The molecule has 1 saturated heterocycles. The normalized spacial score (nSPS) is 10.7. The molecule has 0 aliphatic carbocycles. The van der Waals surface area contributed by atoms with Crippen LogP contribution in [0.15, 0.2) is 0 Å². The number of carbonyl (C=O) groups excluding carboxylic acids is 1. The Morgan fingerprint density at radius 3 is 1.29 bits per heavy atom. The molecule has 0 aromatic rings. The van der Waals surface area contributed by atoms with Gasteiger partial charge in [0.25, 0.3) is 0 Å². The van der Waals surface area contributed by atoms with E-state index in [1.807, 2.05) is 55.4 Å². The first kappa shape index (κ1) is 23.4. The summed E-state index contributed by atoms with van der Waals surface area (Å²) in [5, 5.41) is 0. The summed E-state index contributed by atoms with van der Waals surface area (Å²) in [6.07, 6.45) is 1.54. The largest absolute Gasteiger partial charge is 0.466 e. The van der Waals surface area contributed by atoms with Crippen molar-refractivity contribution in [3.63, 3.8) is 0 Å². The van der Waals surface area contributed by atoms with Crippen molar-refractivity contribution in [3.05, 3.63) is 0 Å². The molecular weight excluding hydrogens is 176 g/mol. The number of rotatable bonds is 0. The Balaban J connectivity index is -0.0000000542. The molecule has 90 valence electrons. The Labute approximate surface area is 91.0 Å². The van der Waals surface area contributed by atoms with Gasteiger partial charge in [-0.1, -0.05) is 55.4 Å². The van der Waals surface area contributed by atoms with Crippen molar-refractivity contribution in [3.8, 4) is 0 Å². The van der Waals surface area contributed by atoms with Crippen LogP contribution < -0.4 is 0 Å². The van der Waals surface area contributed by atoms with Crippen molar-refractivity contribution in [2.75, 3.05) is 6.61 Å². The molecule has 1 aliphatic heterocycles. The Bertz CT molecular complexity index is 62.7. The van der Waals surface area contributed by atoms with Crippen molar-refractivity contribution in [2.24, 2.45) is 0 Å². The molecule has 0 radical (unpaired) electrons. The average Bonchev–Trinajstić information content (AvgIpc) is 2.80. The lowest BCUT2D eigenvalue weighted by Gasteiger charge is -1.81. The maximum Gasteiger partial charge on any atom is 0.305 e. The molecule has 1 heterocycles. The highest BCUT2D eigenvalue weighted by Crippen LogP contribution is 2.01. The first-order valence-corrected chi connectivity index (χ1v) is 6.05. The minimum atomic E-state index is -0.0463. The fraction of sp³-hybridized carbons (Fsp3) is 0.917. The highest BCUT2D eigenvalue weighted by molar-refractivity contribution is 5.70. The third kappa shape index (κ3) is 30.0. The molecule has 0 saturated carbocycles. The van der Waals surface area contributed by atoms with Gasteiger partial charge in [0, 0.05) is 6.42 Å². The van der Waals surface area contributed by atoms with Gasteiger partial charge in [-0.2, -0.15) is 0 Å². The highest BCUT2D eigenvalue weighted by atomic mass is 16.5. The van der Waals surface area contributed by atoms with Gasteiger partial charge in [0.1, 0.15) is 0 Å². The summed E-state index contributed by atoms with van der Waals surface area (Å²) >= 11 is 0. The number of carbonyl (C=O) groups is 1. The van der Waals surface area contributed by atoms with Crippen LogP contribution in [0.5, 0.6) is 0 Å². The average molecular weight is 206 g/mol. The van der Waals surface area contributed by atoms with Gasteiger partial charge in [0.05, 0.1) is 6.61 Å². The summed E-state index contributed by atoms with van der Waals surface area (Å²) < 4.78 is 4.51. The van der Waals surface area contributed by atoms with E-state index in [1.165, 1.54) is 0 Å². The SMILES string of the molecule is CC.CC.CC.CC.O=C1CCCO1. The van der Waals surface area contributed by atoms with Gasteiger partial charge in [0.2, 0.25) is 0 Å². The zero-order chi connectivity index (χ0) is 12.4. The van der Waals surface area contributed by atoms with E-state index in [4.69, 9.17) is 0 Å². The summed E-state index contributed by atoms with van der Waals surface area (Å²) in [7, 11) is 0. The molecule has 0 spiro atoms. The van der Waals surface area contributed by atoms with Gasteiger partial charge < -0.3 is 4.74 Å². The number of cyclic esters (lactones) is 1. The molecule has 2 nitrogen and oxygen atoms in total. The molecule has 0 N–H and O–H groups in total. The second-order valence-electron chi connectivity index (χ2n) is 1.32. The maximum atomic E-state index is 10.0. The third-order valence-corrected chi connectivity index (χ3v) is 0.788. The Morgan fingerprint density at radius 2 is 1.21 bits per heavy atom. The van der Waals surface area contributed by atoms with Crippen LogP contribution in [0.2, 0.25) is 0 Å². The van der Waals surface area contributed by atoms with E-state index in [2.05, 4.69) is 4.74 Å². The van der Waals surface area contributed by atoms with Crippen molar-refractivity contribution < 1.29 is 9.53 Å². The van der Waals surface area contributed by atoms with Crippen LogP contribution in [0.4, 0.5) is 0 Å². The summed E-state index contributed by atoms with van der Waals surface area (Å²) in [6, 6.07) is 0. The third-order valence-electron chi connectivity index (χ3n) is 0.788. The summed E-state index contributed by atoms with van der Waals surface area (Å²) in [4.78, 5) is 10.0. The molecule has 1 rings (SSSR count). The van der Waals surface area contributed by atoms with Crippen LogP contribution in [0.1, 0.15) is 68.2 Å². The molecule has 2 heteroatoms. The molecule has 0 amide bonds. The lowest BCUT2D eigenvalue weighted by atomic mass is 10.4. The lowest BCUT2D eigenvalue weighted by Crippen LogP contribution is -1.88. The van der Waals surface area contributed by atoms with Gasteiger partial charge in [-0.25, -0.2) is 0 Å². The molecule has 0 atom stereocenters. The van der Waals surface area contributed by atoms with E-state index in [-0.39, 0.29) is 5.97 Å². The number of hydrogen-bond acceptors (Lipinski definition) is 2. The monoisotopic (exact) mass is 206 g/mol. The lowest BCUT2D eigenvalue weighted by molar-refractivity contribution is -0.137. The van der Waals surface area contributed by atoms with Crippen LogP contribution in [0, 0.1) is 0 Å². The fourth-order valence-electron chi connectivity index (χ4n) is 0.475. The van der Waals surface area contributed by atoms with Gasteiger partial charge in [-0.15, -0.1) is 0 Å². The molecular formula is C12H30O2. The number of ether oxygens (including phenoxy) is 1. The van der Waals surface area contributed by atoms with E-state index >= 15 is 0 Å². The molecule has 0 aromatic heterocycles. The van der Waals surface area contributed by atoms with Crippen LogP contribution in [0.25, 0.3) is 0 Å². The molecule has 14 heavy (non-hydrogen) atoms. The topological polar surface area (TPSA) is 26.3 Å². The fourth-order valence-corrected chi connectivity index (χ4v) is 0.475. The van der Waals surface area contributed by atoms with Crippen molar-refractivity contribution in [2.45, 2.75) is 68.2 Å². The minimum Gasteiger partial charge on any atom is -0.466 e. The maximum absolute atomic E-state index is 10.0. The standard InChI is InChI=1S/C4H6O2.4C2H6/c5-4-2-1-3-6-4;4*1-2/h1-3H2;4*1-2H3. The van der Waals surface area contributed by atoms with Gasteiger partial charge in [-0.3, -0.25) is 4.79 Å². The zero-order valence-corrected chi connectivity index (χ0v) is 11.4. The van der Waals surface area contributed by atoms with Crippen LogP contribution in [-0.2, 0) is 9.53 Å². The molecule has 0 bridgehead atoms. The van der Waals surface area contributed by atoms with Crippen LogP contribution in [-0.4, -0.2) is 12.6 Å². The Morgan fingerprint density at radius 1 is 0.857 bits per heavy atom. The quantitative estimate of drug-likeness (QED) is 0.548. The second-order valence-corrected chi connectivity index (χ2v) is 1.32. The predicted octanol–water partition coefficient (Wildman–Crippen LogP) is 4.43. The molecule has 0 unspecified atom stereocenters. The highest BCUT2D eigenvalue weighted by Gasteiger charge is 2.08. The molecule has 1 aliphatic rings. The first-order valence-electron chi connectivity index (χ1n) is 6.05. The number of hydrogen-bond donors (Lipinski definition) is 0. The zero-order valence-electron chi connectivity index (χ0n) is 11.4. The van der Waals surface area contributed by atoms with Crippen LogP contribution in [0.3, 0.4) is 0 Å². The minimum absolute atomic E-state index is 0.0463. The second kappa shape index (κ2) is 39.2. The van der Waals surface area contributed by atoms with Crippen molar-refractivity contribution in [1.29, 1.82) is 0 Å². The van der Waals surface area contributed by atoms with Crippen molar-refractivity contribution in [1.82, 2.24) is 0 Å². The van der Waals surface area contributed by atoms with E-state index in [9.17, 15) is 4.79 Å². The van der Waals surface area contributed by atoms with Gasteiger partial charge in [-0.05, 0) is 6.42 Å². The van der Waals surface area contributed by atoms with E-state index < -0.39 is 0 Å². The van der Waals surface area contributed by atoms with Crippen LogP contribution >= 0.6 is 0 Å². The number of esters is 1. The Hall–Kier alpha value is -0.530. The molecule has 0 aromatic carbocycles. The van der Waals surface area contributed by atoms with Crippen molar-refractivity contribution >= 4 is 5.97 Å². The van der Waals surface area contributed by atoms with Gasteiger partial charge in [0.15, 0.2) is 0 Å². The molecule has 1 fully saturated rings. The summed E-state index contributed by atoms with van der Waals surface area (Å²) in [5.41, 5.74) is 0. The smallest absolute Gasteiger partial charge is 0.305 e. The van der Waals surface area contributed by atoms with E-state index in [0.717, 1.165) is 6.42 Å². The van der Waals surface area contributed by atoms with Gasteiger partial charge >= 0.3 is 5.97 Å². The van der Waals surface area contributed by atoms with E-state index in [1.54, 1.807) is 0 Å².